The monoisotopic (exact) mass is 449 g/mol. The van der Waals surface area contributed by atoms with Crippen molar-refractivity contribution in [3.8, 4) is 0 Å². The summed E-state index contributed by atoms with van der Waals surface area (Å²) in [5.74, 6) is 0.425. The van der Waals surface area contributed by atoms with Crippen molar-refractivity contribution in [1.82, 2.24) is 24.6 Å². The third-order valence-electron chi connectivity index (χ3n) is 6.99. The van der Waals surface area contributed by atoms with Gasteiger partial charge in [-0.05, 0) is 67.3 Å². The minimum atomic E-state index is -0.407. The van der Waals surface area contributed by atoms with Crippen LogP contribution in [0.3, 0.4) is 0 Å². The summed E-state index contributed by atoms with van der Waals surface area (Å²) in [5, 5.41) is 8.96. The van der Waals surface area contributed by atoms with E-state index in [0.29, 0.717) is 6.54 Å². The van der Waals surface area contributed by atoms with E-state index in [0.717, 1.165) is 44.7 Å². The third-order valence-corrected chi connectivity index (χ3v) is 7.72. The number of amides is 1. The summed E-state index contributed by atoms with van der Waals surface area (Å²) >= 11 is 1.73. The number of likely N-dealkylation sites (tertiary alicyclic amines) is 2. The van der Waals surface area contributed by atoms with Crippen LogP contribution in [0.1, 0.15) is 55.6 Å². The number of rotatable bonds is 6. The third kappa shape index (κ3) is 3.88. The van der Waals surface area contributed by atoms with Gasteiger partial charge in [-0.15, -0.1) is 0 Å². The van der Waals surface area contributed by atoms with Crippen LogP contribution < -0.4 is 0 Å². The van der Waals surface area contributed by atoms with Crippen molar-refractivity contribution in [2.24, 2.45) is 5.41 Å². The first-order valence-electron chi connectivity index (χ1n) is 11.5. The Kier molecular flexibility index (Phi) is 5.86. The van der Waals surface area contributed by atoms with E-state index in [1.54, 1.807) is 11.3 Å². The fourth-order valence-electron chi connectivity index (χ4n) is 5.59. The Balaban J connectivity index is 1.48. The number of nitrogens with zero attached hydrogens (tertiary/aromatic N) is 5. The van der Waals surface area contributed by atoms with Gasteiger partial charge in [-0.3, -0.25) is 19.4 Å². The number of pyridine rings is 1. The van der Waals surface area contributed by atoms with Crippen molar-refractivity contribution >= 4 is 17.2 Å². The predicted octanol–water partition coefficient (Wildman–Crippen LogP) is 4.33. The highest BCUT2D eigenvalue weighted by molar-refractivity contribution is 7.07. The maximum absolute atomic E-state index is 14.1. The lowest BCUT2D eigenvalue weighted by Gasteiger charge is -2.42. The number of hydrogen-bond donors (Lipinski definition) is 0. The number of piperidine rings is 1. The van der Waals surface area contributed by atoms with E-state index >= 15 is 0 Å². The normalized spacial score (nSPS) is 24.2. The van der Waals surface area contributed by atoms with Gasteiger partial charge in [0.25, 0.3) is 0 Å². The van der Waals surface area contributed by atoms with Crippen molar-refractivity contribution in [2.75, 3.05) is 19.6 Å². The Morgan fingerprint density at radius 1 is 1.19 bits per heavy atom. The van der Waals surface area contributed by atoms with Gasteiger partial charge in [0, 0.05) is 56.2 Å². The van der Waals surface area contributed by atoms with Crippen molar-refractivity contribution in [3.05, 3.63) is 70.4 Å². The summed E-state index contributed by atoms with van der Waals surface area (Å²) in [6, 6.07) is 10.5. The topological polar surface area (TPSA) is 54.3 Å². The summed E-state index contributed by atoms with van der Waals surface area (Å²) in [4.78, 5) is 23.1. The number of aromatic nitrogens is 3. The van der Waals surface area contributed by atoms with E-state index in [1.807, 2.05) is 35.5 Å². The molecule has 2 atom stereocenters. The van der Waals surface area contributed by atoms with E-state index in [-0.39, 0.29) is 17.9 Å². The SMILES string of the molecule is CC(C)n1nccc1[C@@H]1CN(Cc2ccsc2)C[C@]12CCCN(Cc1ccccn1)C2=O. The van der Waals surface area contributed by atoms with Gasteiger partial charge in [0.15, 0.2) is 0 Å². The molecule has 2 aliphatic heterocycles. The zero-order valence-electron chi connectivity index (χ0n) is 18.9. The molecule has 7 heteroatoms. The number of hydrogen-bond acceptors (Lipinski definition) is 5. The van der Waals surface area contributed by atoms with E-state index in [9.17, 15) is 4.79 Å². The Labute approximate surface area is 193 Å². The fourth-order valence-corrected chi connectivity index (χ4v) is 6.25. The highest BCUT2D eigenvalue weighted by Crippen LogP contribution is 2.50. The van der Waals surface area contributed by atoms with Crippen LogP contribution in [0, 0.1) is 5.41 Å². The molecule has 1 amide bonds. The van der Waals surface area contributed by atoms with Gasteiger partial charge in [0.2, 0.25) is 5.91 Å². The van der Waals surface area contributed by atoms with Crippen LogP contribution >= 0.6 is 11.3 Å². The summed E-state index contributed by atoms with van der Waals surface area (Å²) in [5.41, 5.74) is 3.07. The molecule has 0 aromatic carbocycles. The molecule has 32 heavy (non-hydrogen) atoms. The first-order valence-corrected chi connectivity index (χ1v) is 12.5. The maximum Gasteiger partial charge on any atom is 0.231 e. The van der Waals surface area contributed by atoms with Crippen LogP contribution in [-0.4, -0.2) is 50.1 Å². The second kappa shape index (κ2) is 8.79. The standard InChI is InChI=1S/C25H31N5OS/c1-19(2)30-23(7-11-27-30)22-16-28(14-20-8-13-32-17-20)18-25(22)9-5-12-29(24(25)31)15-21-6-3-4-10-26-21/h3-4,6-8,10-11,13,17,19,22H,5,9,12,14-16,18H2,1-2H3/t22-,25+/m0/s1. The second-order valence-electron chi connectivity index (χ2n) is 9.46. The zero-order chi connectivity index (χ0) is 22.1. The van der Waals surface area contributed by atoms with Crippen LogP contribution in [0.2, 0.25) is 0 Å². The molecule has 3 aromatic rings. The smallest absolute Gasteiger partial charge is 0.231 e. The van der Waals surface area contributed by atoms with Crippen molar-refractivity contribution in [3.63, 3.8) is 0 Å². The van der Waals surface area contributed by atoms with Crippen LogP contribution in [0.5, 0.6) is 0 Å². The Morgan fingerprint density at radius 2 is 2.09 bits per heavy atom. The highest BCUT2D eigenvalue weighted by atomic mass is 32.1. The zero-order valence-corrected chi connectivity index (χ0v) is 19.7. The van der Waals surface area contributed by atoms with Gasteiger partial charge in [-0.25, -0.2) is 0 Å². The molecule has 2 fully saturated rings. The van der Waals surface area contributed by atoms with Crippen LogP contribution in [0.4, 0.5) is 0 Å². The molecule has 2 aliphatic rings. The van der Waals surface area contributed by atoms with E-state index in [4.69, 9.17) is 0 Å². The average molecular weight is 450 g/mol. The number of carbonyl (C=O) groups excluding carboxylic acids is 1. The predicted molar refractivity (Wildman–Crippen MR) is 126 cm³/mol. The largest absolute Gasteiger partial charge is 0.336 e. The molecule has 6 nitrogen and oxygen atoms in total. The first-order chi connectivity index (χ1) is 15.6. The second-order valence-corrected chi connectivity index (χ2v) is 10.2. The van der Waals surface area contributed by atoms with Crippen molar-refractivity contribution in [1.29, 1.82) is 0 Å². The fraction of sp³-hybridized carbons (Fsp3) is 0.480. The molecule has 0 radical (unpaired) electrons. The maximum atomic E-state index is 14.1. The van der Waals surface area contributed by atoms with Crippen LogP contribution in [0.25, 0.3) is 0 Å². The lowest BCUT2D eigenvalue weighted by molar-refractivity contribution is -0.147. The molecule has 1 spiro atoms. The quantitative estimate of drug-likeness (QED) is 0.562. The molecule has 0 unspecified atom stereocenters. The van der Waals surface area contributed by atoms with Gasteiger partial charge in [-0.2, -0.15) is 16.4 Å². The van der Waals surface area contributed by atoms with Gasteiger partial charge in [0.05, 0.1) is 17.7 Å². The van der Waals surface area contributed by atoms with Crippen LogP contribution in [0.15, 0.2) is 53.5 Å². The van der Waals surface area contributed by atoms with Crippen molar-refractivity contribution < 1.29 is 4.79 Å². The van der Waals surface area contributed by atoms with E-state index in [2.05, 4.69) is 56.4 Å². The molecular weight excluding hydrogens is 418 g/mol. The lowest BCUT2D eigenvalue weighted by atomic mass is 9.70. The summed E-state index contributed by atoms with van der Waals surface area (Å²) < 4.78 is 2.12. The minimum Gasteiger partial charge on any atom is -0.336 e. The molecule has 2 saturated heterocycles. The average Bonchev–Trinajstić information content (AvgIpc) is 3.53. The van der Waals surface area contributed by atoms with E-state index in [1.165, 1.54) is 11.3 Å². The first kappa shape index (κ1) is 21.3. The Bertz CT molecular complexity index is 1050. The lowest BCUT2D eigenvalue weighted by Crippen LogP contribution is -2.52. The summed E-state index contributed by atoms with van der Waals surface area (Å²) in [6.07, 6.45) is 5.65. The van der Waals surface area contributed by atoms with Crippen LogP contribution in [-0.2, 0) is 17.9 Å². The van der Waals surface area contributed by atoms with Gasteiger partial charge in [-0.1, -0.05) is 6.07 Å². The molecule has 0 saturated carbocycles. The molecular formula is C25H31N5OS. The van der Waals surface area contributed by atoms with E-state index < -0.39 is 5.41 Å². The summed E-state index contributed by atoms with van der Waals surface area (Å²) in [6.45, 7) is 8.30. The number of carbonyl (C=O) groups is 1. The molecule has 3 aromatic heterocycles. The van der Waals surface area contributed by atoms with Gasteiger partial charge < -0.3 is 4.90 Å². The van der Waals surface area contributed by atoms with Gasteiger partial charge in [0.1, 0.15) is 0 Å². The molecule has 0 bridgehead atoms. The minimum absolute atomic E-state index is 0.144. The van der Waals surface area contributed by atoms with Crippen molar-refractivity contribution in [2.45, 2.75) is 51.7 Å². The number of thiophene rings is 1. The Hall–Kier alpha value is -2.51. The van der Waals surface area contributed by atoms with Gasteiger partial charge >= 0.3 is 0 Å². The molecule has 0 aliphatic carbocycles. The molecule has 168 valence electrons. The molecule has 5 heterocycles. The Morgan fingerprint density at radius 3 is 2.84 bits per heavy atom. The molecule has 0 N–H and O–H groups in total. The molecule has 5 rings (SSSR count). The highest BCUT2D eigenvalue weighted by Gasteiger charge is 2.56. The summed E-state index contributed by atoms with van der Waals surface area (Å²) in [7, 11) is 0.